The number of fused-ring (bicyclic) bond motifs is 1. The first-order chi connectivity index (χ1) is 13.1. The van der Waals surface area contributed by atoms with Crippen LogP contribution in [0.2, 0.25) is 0 Å². The third kappa shape index (κ3) is 2.86. The smallest absolute Gasteiger partial charge is 0.154 e. The Bertz CT molecular complexity index is 1170. The van der Waals surface area contributed by atoms with Gasteiger partial charge in [0.25, 0.3) is 0 Å². The van der Waals surface area contributed by atoms with Gasteiger partial charge in [0.1, 0.15) is 11.6 Å². The van der Waals surface area contributed by atoms with Gasteiger partial charge < -0.3 is 9.67 Å². The third-order valence-electron chi connectivity index (χ3n) is 4.47. The van der Waals surface area contributed by atoms with E-state index in [0.29, 0.717) is 34.8 Å². The maximum Gasteiger partial charge on any atom is 0.154 e. The minimum atomic E-state index is -1.06. The van der Waals surface area contributed by atoms with Gasteiger partial charge in [0.05, 0.1) is 34.0 Å². The average molecular weight is 361 g/mol. The lowest BCUT2D eigenvalue weighted by molar-refractivity contribution is 0.197. The zero-order valence-corrected chi connectivity index (χ0v) is 14.5. The van der Waals surface area contributed by atoms with Crippen LogP contribution in [0.5, 0.6) is 0 Å². The normalized spacial score (nSPS) is 12.2. The lowest BCUT2D eigenvalue weighted by Crippen LogP contribution is -2.13. The van der Waals surface area contributed by atoms with Crippen LogP contribution in [0.15, 0.2) is 54.7 Å². The zero-order chi connectivity index (χ0) is 19.0. The molecule has 0 aliphatic carbocycles. The number of aliphatic hydroxyl groups excluding tert-OH is 1. The molecule has 0 radical (unpaired) electrons. The van der Waals surface area contributed by atoms with Crippen LogP contribution in [0.4, 0.5) is 4.39 Å². The van der Waals surface area contributed by atoms with Gasteiger partial charge in [-0.1, -0.05) is 6.07 Å². The molecule has 0 aliphatic rings. The Kier molecular flexibility index (Phi) is 4.18. The van der Waals surface area contributed by atoms with Gasteiger partial charge in [-0.05, 0) is 49.4 Å². The first-order valence-electron chi connectivity index (χ1n) is 8.50. The van der Waals surface area contributed by atoms with E-state index in [0.717, 1.165) is 5.52 Å². The molecule has 134 valence electrons. The molecule has 4 aromatic rings. The van der Waals surface area contributed by atoms with Crippen molar-refractivity contribution in [3.05, 3.63) is 77.6 Å². The molecule has 1 N–H and O–H groups in total. The fourth-order valence-corrected chi connectivity index (χ4v) is 3.24. The minimum Gasteiger partial charge on any atom is -0.379 e. The van der Waals surface area contributed by atoms with Crippen molar-refractivity contribution in [2.24, 2.45) is 0 Å². The number of rotatable bonds is 4. The second-order valence-electron chi connectivity index (χ2n) is 6.08. The molecule has 1 unspecified atom stereocenters. The number of nitriles is 1. The van der Waals surface area contributed by atoms with Crippen LogP contribution < -0.4 is 0 Å². The van der Waals surface area contributed by atoms with Crippen molar-refractivity contribution in [1.29, 1.82) is 5.26 Å². The molecule has 0 aliphatic heterocycles. The van der Waals surface area contributed by atoms with Crippen molar-refractivity contribution < 1.29 is 9.50 Å². The predicted molar refractivity (Wildman–Crippen MR) is 97.7 cm³/mol. The van der Waals surface area contributed by atoms with Gasteiger partial charge in [-0.3, -0.25) is 0 Å². The maximum atomic E-state index is 13.6. The molecule has 0 spiro atoms. The molecule has 0 saturated carbocycles. The minimum absolute atomic E-state index is 0.381. The number of nitrogens with zero attached hydrogens (tertiary/aromatic N) is 5. The van der Waals surface area contributed by atoms with E-state index in [9.17, 15) is 9.50 Å². The fraction of sp³-hybridized carbons (Fsp3) is 0.150. The van der Waals surface area contributed by atoms with Gasteiger partial charge in [-0.2, -0.15) is 10.4 Å². The van der Waals surface area contributed by atoms with Crippen LogP contribution in [0.1, 0.15) is 30.1 Å². The molecule has 2 aromatic heterocycles. The number of aryl methyl sites for hydroxylation is 1. The van der Waals surface area contributed by atoms with E-state index >= 15 is 0 Å². The van der Waals surface area contributed by atoms with Crippen LogP contribution in [-0.2, 0) is 6.54 Å². The molecule has 27 heavy (non-hydrogen) atoms. The summed E-state index contributed by atoms with van der Waals surface area (Å²) in [5.41, 5.74) is 2.98. The van der Waals surface area contributed by atoms with Gasteiger partial charge in [0.2, 0.25) is 0 Å². The number of aliphatic hydroxyl groups is 1. The van der Waals surface area contributed by atoms with Crippen LogP contribution in [0.3, 0.4) is 0 Å². The molecule has 2 aromatic carbocycles. The first-order valence-corrected chi connectivity index (χ1v) is 8.50. The van der Waals surface area contributed by atoms with Crippen molar-refractivity contribution >= 4 is 11.0 Å². The number of hydrogen-bond acceptors (Lipinski definition) is 4. The Hall–Kier alpha value is -3.50. The predicted octanol–water partition coefficient (Wildman–Crippen LogP) is 3.33. The second-order valence-corrected chi connectivity index (χ2v) is 6.08. The lowest BCUT2D eigenvalue weighted by atomic mass is 10.2. The number of hydrogen-bond donors (Lipinski definition) is 1. The summed E-state index contributed by atoms with van der Waals surface area (Å²) >= 11 is 0. The molecule has 1 atom stereocenters. The largest absolute Gasteiger partial charge is 0.379 e. The molecule has 7 heteroatoms. The molecular weight excluding hydrogens is 345 g/mol. The van der Waals surface area contributed by atoms with E-state index in [-0.39, 0.29) is 5.82 Å². The Morgan fingerprint density at radius 1 is 1.22 bits per heavy atom. The Balaban J connectivity index is 1.84. The van der Waals surface area contributed by atoms with Crippen molar-refractivity contribution in [2.45, 2.75) is 19.6 Å². The standard InChI is InChI=1S/C20H16FN5O/c1-2-25-17-7-6-13(12-22)10-16(17)24-20(25)19(27)18-8-9-23-26(18)15-5-3-4-14(21)11-15/h3-11,19,27H,2H2,1H3. The molecule has 0 bridgehead atoms. The van der Waals surface area contributed by atoms with Crippen molar-refractivity contribution in [2.75, 3.05) is 0 Å². The average Bonchev–Trinajstić information content (AvgIpc) is 3.31. The van der Waals surface area contributed by atoms with E-state index in [1.54, 1.807) is 36.5 Å². The second kappa shape index (κ2) is 6.67. The van der Waals surface area contributed by atoms with Gasteiger partial charge >= 0.3 is 0 Å². The Morgan fingerprint density at radius 2 is 2.07 bits per heavy atom. The summed E-state index contributed by atoms with van der Waals surface area (Å²) in [7, 11) is 0. The van der Waals surface area contributed by atoms with E-state index in [1.807, 2.05) is 17.6 Å². The summed E-state index contributed by atoms with van der Waals surface area (Å²) < 4.78 is 17.0. The summed E-state index contributed by atoms with van der Waals surface area (Å²) in [6.07, 6.45) is 0.490. The van der Waals surface area contributed by atoms with Gasteiger partial charge in [-0.25, -0.2) is 14.1 Å². The summed E-state index contributed by atoms with van der Waals surface area (Å²) in [6, 6.07) is 15.0. The highest BCUT2D eigenvalue weighted by atomic mass is 19.1. The number of aromatic nitrogens is 4. The topological polar surface area (TPSA) is 79.7 Å². The number of imidazole rings is 1. The summed E-state index contributed by atoms with van der Waals surface area (Å²) in [5.74, 6) is 0.0639. The van der Waals surface area contributed by atoms with Crippen LogP contribution in [0, 0.1) is 17.1 Å². The van der Waals surface area contributed by atoms with Crippen molar-refractivity contribution in [3.8, 4) is 11.8 Å². The highest BCUT2D eigenvalue weighted by Crippen LogP contribution is 2.27. The first kappa shape index (κ1) is 16.9. The highest BCUT2D eigenvalue weighted by molar-refractivity contribution is 5.78. The molecule has 4 rings (SSSR count). The SMILES string of the molecule is CCn1c(C(O)c2ccnn2-c2cccc(F)c2)nc2cc(C#N)ccc21. The molecule has 2 heterocycles. The molecule has 0 saturated heterocycles. The maximum absolute atomic E-state index is 13.6. The van der Waals surface area contributed by atoms with Crippen molar-refractivity contribution in [3.63, 3.8) is 0 Å². The van der Waals surface area contributed by atoms with E-state index in [4.69, 9.17) is 5.26 Å². The van der Waals surface area contributed by atoms with Crippen LogP contribution >= 0.6 is 0 Å². The van der Waals surface area contributed by atoms with Crippen LogP contribution in [0.25, 0.3) is 16.7 Å². The van der Waals surface area contributed by atoms with Gasteiger partial charge in [0, 0.05) is 12.7 Å². The van der Waals surface area contributed by atoms with Crippen LogP contribution in [-0.4, -0.2) is 24.4 Å². The molecular formula is C20H16FN5O. The summed E-state index contributed by atoms with van der Waals surface area (Å²) in [6.45, 7) is 2.56. The number of halogens is 1. The number of benzene rings is 2. The third-order valence-corrected chi connectivity index (χ3v) is 4.47. The monoisotopic (exact) mass is 361 g/mol. The molecule has 0 amide bonds. The van der Waals surface area contributed by atoms with E-state index < -0.39 is 6.10 Å². The Labute approximate surface area is 154 Å². The van der Waals surface area contributed by atoms with Crippen molar-refractivity contribution in [1.82, 2.24) is 19.3 Å². The summed E-state index contributed by atoms with van der Waals surface area (Å²) in [4.78, 5) is 4.55. The lowest BCUT2D eigenvalue weighted by Gasteiger charge is -2.15. The quantitative estimate of drug-likeness (QED) is 0.605. The highest BCUT2D eigenvalue weighted by Gasteiger charge is 2.23. The fourth-order valence-electron chi connectivity index (χ4n) is 3.24. The molecule has 6 nitrogen and oxygen atoms in total. The summed E-state index contributed by atoms with van der Waals surface area (Å²) in [5, 5.41) is 24.3. The van der Waals surface area contributed by atoms with E-state index in [2.05, 4.69) is 16.2 Å². The van der Waals surface area contributed by atoms with Gasteiger partial charge in [-0.15, -0.1) is 0 Å². The zero-order valence-electron chi connectivity index (χ0n) is 14.5. The Morgan fingerprint density at radius 3 is 2.81 bits per heavy atom. The molecule has 0 fully saturated rings. The van der Waals surface area contributed by atoms with Gasteiger partial charge in [0.15, 0.2) is 6.10 Å². The van der Waals surface area contributed by atoms with E-state index in [1.165, 1.54) is 16.8 Å².